The van der Waals surface area contributed by atoms with E-state index in [9.17, 15) is 14.4 Å². The van der Waals surface area contributed by atoms with Crippen LogP contribution >= 0.6 is 19.2 Å². The summed E-state index contributed by atoms with van der Waals surface area (Å²) in [5, 5.41) is 4.24. The van der Waals surface area contributed by atoms with Gasteiger partial charge in [-0.05, 0) is 78.7 Å². The molecule has 0 aliphatic rings. The molecule has 0 bridgehead atoms. The lowest BCUT2D eigenvalue weighted by Crippen LogP contribution is -2.46. The number of hydrogen-bond donors (Lipinski definition) is 3. The summed E-state index contributed by atoms with van der Waals surface area (Å²) in [6, 6.07) is 32.5. The van der Waals surface area contributed by atoms with Crippen LogP contribution in [-0.2, 0) is 22.9 Å². The molecule has 4 aromatic rings. The van der Waals surface area contributed by atoms with Gasteiger partial charge in [-0.2, -0.15) is 0 Å². The number of rotatable bonds is 12. The molecule has 0 fully saturated rings. The molecule has 3 aromatic carbocycles. The van der Waals surface area contributed by atoms with E-state index in [0.29, 0.717) is 18.0 Å². The minimum Gasteiger partial charge on any atom is -0.324 e. The van der Waals surface area contributed by atoms with E-state index in [1.807, 2.05) is 48.5 Å². The van der Waals surface area contributed by atoms with E-state index in [-0.39, 0.29) is 6.16 Å². The predicted molar refractivity (Wildman–Crippen MR) is 150 cm³/mol. The highest BCUT2D eigenvalue weighted by molar-refractivity contribution is 7.51. The fourth-order valence-electron chi connectivity index (χ4n) is 4.67. The van der Waals surface area contributed by atoms with Crippen LogP contribution in [0.25, 0.3) is 0 Å². The van der Waals surface area contributed by atoms with Gasteiger partial charge in [-0.1, -0.05) is 84.4 Å². The maximum absolute atomic E-state index is 11.5. The lowest BCUT2D eigenvalue weighted by atomic mass is 9.79. The van der Waals surface area contributed by atoms with Crippen molar-refractivity contribution in [3.05, 3.63) is 136 Å². The molecule has 1 aromatic heterocycles. The van der Waals surface area contributed by atoms with Gasteiger partial charge in [0.15, 0.2) is 0 Å². The van der Waals surface area contributed by atoms with Crippen molar-refractivity contribution in [3.8, 4) is 0 Å². The van der Waals surface area contributed by atoms with E-state index in [1.165, 1.54) is 11.1 Å². The molecule has 0 amide bonds. The Labute approximate surface area is 223 Å². The number of halogens is 1. The number of pyridine rings is 1. The van der Waals surface area contributed by atoms with Gasteiger partial charge in [-0.25, -0.2) is 0 Å². The predicted octanol–water partition coefficient (Wildman–Crippen LogP) is 6.36. The Balaban J connectivity index is 1.64. The first-order valence-electron chi connectivity index (χ1n) is 12.5. The molecule has 0 radical (unpaired) electrons. The second-order valence-electron chi connectivity index (χ2n) is 9.18. The number of nitrogens with zero attached hydrogens (tertiary/aromatic N) is 1. The zero-order chi connectivity index (χ0) is 26.1. The van der Waals surface area contributed by atoms with Gasteiger partial charge < -0.3 is 9.79 Å². The third-order valence-corrected chi connectivity index (χ3v) is 7.65. The third-order valence-electron chi connectivity index (χ3n) is 6.50. The Bertz CT molecular complexity index is 1300. The van der Waals surface area contributed by atoms with Crippen molar-refractivity contribution in [2.45, 2.75) is 31.2 Å². The summed E-state index contributed by atoms with van der Waals surface area (Å²) in [6.45, 7) is 0.392. The molecule has 1 heterocycles. The molecule has 1 atom stereocenters. The second kappa shape index (κ2) is 12.6. The van der Waals surface area contributed by atoms with Crippen molar-refractivity contribution in [2.24, 2.45) is 0 Å². The number of aryl methyl sites for hydroxylation is 2. The Morgan fingerprint density at radius 3 is 1.95 bits per heavy atom. The van der Waals surface area contributed by atoms with Gasteiger partial charge in [0.2, 0.25) is 0 Å². The van der Waals surface area contributed by atoms with Crippen LogP contribution in [0.2, 0.25) is 5.02 Å². The Hall–Kier alpha value is -2.79. The monoisotopic (exact) mass is 534 g/mol. The maximum atomic E-state index is 11.5. The first kappa shape index (κ1) is 27.3. The molecular formula is C30H32ClN2O3P. The van der Waals surface area contributed by atoms with Crippen LogP contribution in [0.1, 0.15) is 40.8 Å². The highest BCUT2D eigenvalue weighted by atomic mass is 35.5. The molecule has 3 N–H and O–H groups in total. The Morgan fingerprint density at radius 1 is 0.757 bits per heavy atom. The van der Waals surface area contributed by atoms with E-state index in [0.717, 1.165) is 36.1 Å². The van der Waals surface area contributed by atoms with E-state index < -0.39 is 13.1 Å². The van der Waals surface area contributed by atoms with E-state index in [4.69, 9.17) is 16.6 Å². The molecule has 0 spiro atoms. The molecule has 37 heavy (non-hydrogen) atoms. The SMILES string of the molecule is O=P(O)(O)CCCNC(c1ccc(Cl)cc1)(c1ccc(CCCc2ccccc2)cc1)c1ccccn1. The molecule has 0 saturated heterocycles. The van der Waals surface area contributed by atoms with Gasteiger partial charge in [0.05, 0.1) is 11.9 Å². The van der Waals surface area contributed by atoms with Gasteiger partial charge in [0.1, 0.15) is 5.54 Å². The molecule has 4 rings (SSSR count). The first-order chi connectivity index (χ1) is 17.9. The largest absolute Gasteiger partial charge is 0.325 e. The molecule has 1 unspecified atom stereocenters. The van der Waals surface area contributed by atoms with Crippen LogP contribution in [0, 0.1) is 0 Å². The van der Waals surface area contributed by atoms with Crippen molar-refractivity contribution in [2.75, 3.05) is 12.7 Å². The van der Waals surface area contributed by atoms with Crippen molar-refractivity contribution in [3.63, 3.8) is 0 Å². The summed E-state index contributed by atoms with van der Waals surface area (Å²) in [4.78, 5) is 23.4. The summed E-state index contributed by atoms with van der Waals surface area (Å²) in [7, 11) is -4.08. The number of benzene rings is 3. The first-order valence-corrected chi connectivity index (χ1v) is 14.6. The minimum absolute atomic E-state index is 0.181. The van der Waals surface area contributed by atoms with Crippen LogP contribution in [0.3, 0.4) is 0 Å². The van der Waals surface area contributed by atoms with Crippen molar-refractivity contribution in [1.29, 1.82) is 0 Å². The number of hydrogen-bond acceptors (Lipinski definition) is 3. The number of nitrogens with one attached hydrogen (secondary N) is 1. The van der Waals surface area contributed by atoms with Crippen molar-refractivity contribution >= 4 is 19.2 Å². The zero-order valence-corrected chi connectivity index (χ0v) is 22.3. The molecule has 0 aliphatic carbocycles. The van der Waals surface area contributed by atoms with Crippen LogP contribution in [0.4, 0.5) is 0 Å². The molecule has 192 valence electrons. The van der Waals surface area contributed by atoms with E-state index in [1.54, 1.807) is 6.20 Å². The van der Waals surface area contributed by atoms with E-state index in [2.05, 4.69) is 53.8 Å². The lowest BCUT2D eigenvalue weighted by Gasteiger charge is -2.36. The molecule has 0 aliphatic heterocycles. The maximum Gasteiger partial charge on any atom is 0.325 e. The normalized spacial score (nSPS) is 13.3. The molecule has 5 nitrogen and oxygen atoms in total. The van der Waals surface area contributed by atoms with Gasteiger partial charge in [-0.15, -0.1) is 0 Å². The van der Waals surface area contributed by atoms with Gasteiger partial charge in [0, 0.05) is 11.2 Å². The standard InChI is InChI=1S/C30H32ClN2O3P/c31-28-19-17-27(18-20-28)30(29-12-4-5-21-32-29,33-22-7-23-37(34,35)36)26-15-13-25(14-16-26)11-6-10-24-8-2-1-3-9-24/h1-5,8-9,12-21,33H,6-7,10-11,22-23H2,(H2,34,35,36). The van der Waals surface area contributed by atoms with Crippen LogP contribution in [-0.4, -0.2) is 27.5 Å². The smallest absolute Gasteiger partial charge is 0.324 e. The van der Waals surface area contributed by atoms with Crippen molar-refractivity contribution < 1.29 is 14.4 Å². The zero-order valence-electron chi connectivity index (χ0n) is 20.6. The quantitative estimate of drug-likeness (QED) is 0.145. The molecule has 7 heteroatoms. The summed E-state index contributed by atoms with van der Waals surface area (Å²) in [5.74, 6) is 0. The fourth-order valence-corrected chi connectivity index (χ4v) is 5.36. The second-order valence-corrected chi connectivity index (χ2v) is 11.4. The minimum atomic E-state index is -4.08. The van der Waals surface area contributed by atoms with Gasteiger partial charge >= 0.3 is 7.60 Å². The van der Waals surface area contributed by atoms with Crippen molar-refractivity contribution in [1.82, 2.24) is 10.3 Å². The van der Waals surface area contributed by atoms with Gasteiger partial charge in [-0.3, -0.25) is 14.9 Å². The fraction of sp³-hybridized carbons (Fsp3) is 0.233. The van der Waals surface area contributed by atoms with Gasteiger partial charge in [0.25, 0.3) is 0 Å². The van der Waals surface area contributed by atoms with Crippen LogP contribution < -0.4 is 5.32 Å². The summed E-state index contributed by atoms with van der Waals surface area (Å²) in [6.07, 6.45) is 4.97. The Morgan fingerprint density at radius 2 is 1.35 bits per heavy atom. The van der Waals surface area contributed by atoms with Crippen LogP contribution in [0.5, 0.6) is 0 Å². The average molecular weight is 535 g/mol. The van der Waals surface area contributed by atoms with E-state index >= 15 is 0 Å². The number of aromatic nitrogens is 1. The summed E-state index contributed by atoms with van der Waals surface area (Å²) in [5.41, 5.74) is 4.52. The average Bonchev–Trinajstić information content (AvgIpc) is 2.91. The summed E-state index contributed by atoms with van der Waals surface area (Å²) >= 11 is 6.22. The summed E-state index contributed by atoms with van der Waals surface area (Å²) < 4.78 is 11.5. The third kappa shape index (κ3) is 7.38. The molecular weight excluding hydrogens is 503 g/mol. The topological polar surface area (TPSA) is 82.5 Å². The van der Waals surface area contributed by atoms with Crippen LogP contribution in [0.15, 0.2) is 103 Å². The highest BCUT2D eigenvalue weighted by Crippen LogP contribution is 2.38. The highest BCUT2D eigenvalue weighted by Gasteiger charge is 2.37. The molecule has 0 saturated carbocycles. The Kier molecular flexibility index (Phi) is 9.31. The lowest BCUT2D eigenvalue weighted by molar-refractivity contribution is 0.369.